The van der Waals surface area contributed by atoms with E-state index in [2.05, 4.69) is 19.2 Å². The van der Waals surface area contributed by atoms with Gasteiger partial charge in [-0.25, -0.2) is 0 Å². The van der Waals surface area contributed by atoms with Crippen molar-refractivity contribution in [1.82, 2.24) is 5.32 Å². The number of carbonyl (C=O) groups is 2. The highest BCUT2D eigenvalue weighted by Gasteiger charge is 2.25. The summed E-state index contributed by atoms with van der Waals surface area (Å²) in [5, 5.41) is 3.10. The SMILES string of the molecule is CC(=O)[C@H]1CC[C@H](NC(=O)CCOC[C@H]2CC[C@H](COC(C)C)CC2)CC1. The minimum atomic E-state index is 0.0795. The molecule has 5 nitrogen and oxygen atoms in total. The Morgan fingerprint density at radius 1 is 0.926 bits per heavy atom. The molecule has 0 bridgehead atoms. The zero-order chi connectivity index (χ0) is 19.6. The lowest BCUT2D eigenvalue weighted by Crippen LogP contribution is -2.38. The van der Waals surface area contributed by atoms with Crippen molar-refractivity contribution in [3.05, 3.63) is 0 Å². The van der Waals surface area contributed by atoms with Crippen LogP contribution in [0.3, 0.4) is 0 Å². The van der Waals surface area contributed by atoms with E-state index in [-0.39, 0.29) is 23.7 Å². The van der Waals surface area contributed by atoms with Gasteiger partial charge in [-0.15, -0.1) is 0 Å². The molecule has 27 heavy (non-hydrogen) atoms. The van der Waals surface area contributed by atoms with Crippen molar-refractivity contribution in [2.75, 3.05) is 19.8 Å². The van der Waals surface area contributed by atoms with E-state index in [4.69, 9.17) is 9.47 Å². The summed E-state index contributed by atoms with van der Waals surface area (Å²) in [6.07, 6.45) is 9.26. The fourth-order valence-corrected chi connectivity index (χ4v) is 4.25. The van der Waals surface area contributed by atoms with Crippen molar-refractivity contribution < 1.29 is 19.1 Å². The van der Waals surface area contributed by atoms with Gasteiger partial charge in [-0.2, -0.15) is 0 Å². The molecule has 2 aliphatic carbocycles. The van der Waals surface area contributed by atoms with Crippen molar-refractivity contribution in [2.45, 2.75) is 90.7 Å². The molecular formula is C22H39NO4. The summed E-state index contributed by atoms with van der Waals surface area (Å²) in [6, 6.07) is 0.233. The van der Waals surface area contributed by atoms with E-state index in [1.165, 1.54) is 25.7 Å². The largest absolute Gasteiger partial charge is 0.381 e. The van der Waals surface area contributed by atoms with Crippen LogP contribution in [0.2, 0.25) is 0 Å². The minimum absolute atomic E-state index is 0.0795. The first kappa shape index (κ1) is 22.4. The molecule has 1 amide bonds. The van der Waals surface area contributed by atoms with E-state index in [0.29, 0.717) is 31.0 Å². The van der Waals surface area contributed by atoms with Gasteiger partial charge in [0.15, 0.2) is 0 Å². The van der Waals surface area contributed by atoms with Crippen LogP contribution in [0.15, 0.2) is 0 Å². The zero-order valence-electron chi connectivity index (χ0n) is 17.5. The summed E-state index contributed by atoms with van der Waals surface area (Å²) < 4.78 is 11.5. The maximum atomic E-state index is 12.1. The number of Topliss-reactive ketones (excluding diaryl/α,β-unsaturated/α-hetero) is 1. The standard InChI is InChI=1S/C22H39NO4/c1-16(2)27-15-19-6-4-18(5-7-19)14-26-13-12-22(25)23-21-10-8-20(9-11-21)17(3)24/h16,18-21H,4-15H2,1-3H3,(H,23,25)/t18-,19-,20-,21-. The first-order chi connectivity index (χ1) is 12.9. The molecule has 2 aliphatic rings. The lowest BCUT2D eigenvalue weighted by atomic mass is 9.83. The molecular weight excluding hydrogens is 342 g/mol. The molecule has 156 valence electrons. The van der Waals surface area contributed by atoms with E-state index >= 15 is 0 Å². The number of ketones is 1. The first-order valence-electron chi connectivity index (χ1n) is 10.9. The van der Waals surface area contributed by atoms with Gasteiger partial charge >= 0.3 is 0 Å². The summed E-state index contributed by atoms with van der Waals surface area (Å²) in [6.45, 7) is 8.02. The minimum Gasteiger partial charge on any atom is -0.381 e. The van der Waals surface area contributed by atoms with E-state index < -0.39 is 0 Å². The van der Waals surface area contributed by atoms with Gasteiger partial charge in [-0.3, -0.25) is 9.59 Å². The molecule has 0 radical (unpaired) electrons. The number of ether oxygens (including phenoxy) is 2. The number of rotatable bonds is 10. The molecule has 5 heteroatoms. The normalized spacial score (nSPS) is 28.9. The zero-order valence-corrected chi connectivity index (χ0v) is 17.5. The highest BCUT2D eigenvalue weighted by Crippen LogP contribution is 2.29. The fourth-order valence-electron chi connectivity index (χ4n) is 4.25. The van der Waals surface area contributed by atoms with Crippen molar-refractivity contribution in [3.8, 4) is 0 Å². The van der Waals surface area contributed by atoms with Crippen LogP contribution in [-0.2, 0) is 19.1 Å². The fraction of sp³-hybridized carbons (Fsp3) is 0.909. The van der Waals surface area contributed by atoms with Crippen LogP contribution < -0.4 is 5.32 Å². The molecule has 2 rings (SSSR count). The summed E-state index contributed by atoms with van der Waals surface area (Å²) in [5.74, 6) is 1.90. The molecule has 0 heterocycles. The third-order valence-electron chi connectivity index (χ3n) is 6.13. The second kappa shape index (κ2) is 11.8. The average molecular weight is 382 g/mol. The summed E-state index contributed by atoms with van der Waals surface area (Å²) in [4.78, 5) is 23.5. The van der Waals surface area contributed by atoms with Crippen LogP contribution in [0.25, 0.3) is 0 Å². The van der Waals surface area contributed by atoms with Gasteiger partial charge in [0.1, 0.15) is 5.78 Å². The number of nitrogens with one attached hydrogen (secondary N) is 1. The van der Waals surface area contributed by atoms with Crippen LogP contribution in [0.5, 0.6) is 0 Å². The predicted octanol–water partition coefficient (Wildman–Crippen LogP) is 3.89. The molecule has 1 N–H and O–H groups in total. The number of hydrogen-bond acceptors (Lipinski definition) is 4. The van der Waals surface area contributed by atoms with E-state index in [1.807, 2.05) is 0 Å². The van der Waals surface area contributed by atoms with Gasteiger partial charge < -0.3 is 14.8 Å². The third-order valence-corrected chi connectivity index (χ3v) is 6.13. The van der Waals surface area contributed by atoms with E-state index in [0.717, 1.165) is 38.9 Å². The number of amides is 1. The Bertz CT molecular complexity index is 449. The first-order valence-corrected chi connectivity index (χ1v) is 10.9. The van der Waals surface area contributed by atoms with Gasteiger partial charge in [-0.1, -0.05) is 0 Å². The summed E-state index contributed by atoms with van der Waals surface area (Å²) in [7, 11) is 0. The van der Waals surface area contributed by atoms with Gasteiger partial charge in [0.25, 0.3) is 0 Å². The highest BCUT2D eigenvalue weighted by molar-refractivity contribution is 5.78. The Hall–Kier alpha value is -0.940. The molecule has 0 aliphatic heterocycles. The highest BCUT2D eigenvalue weighted by atomic mass is 16.5. The van der Waals surface area contributed by atoms with Gasteiger partial charge in [0, 0.05) is 31.6 Å². The summed E-state index contributed by atoms with van der Waals surface area (Å²) >= 11 is 0. The Labute approximate surface area is 164 Å². The van der Waals surface area contributed by atoms with Gasteiger partial charge in [0.05, 0.1) is 12.7 Å². The second-order valence-electron chi connectivity index (χ2n) is 8.82. The van der Waals surface area contributed by atoms with E-state index in [1.54, 1.807) is 6.92 Å². The molecule has 0 spiro atoms. The van der Waals surface area contributed by atoms with Crippen LogP contribution in [0.1, 0.15) is 78.6 Å². The van der Waals surface area contributed by atoms with Gasteiger partial charge in [0.2, 0.25) is 5.91 Å². The van der Waals surface area contributed by atoms with Crippen LogP contribution in [0, 0.1) is 17.8 Å². The molecule has 0 atom stereocenters. The van der Waals surface area contributed by atoms with Gasteiger partial charge in [-0.05, 0) is 84.0 Å². The quantitative estimate of drug-likeness (QED) is 0.583. The lowest BCUT2D eigenvalue weighted by Gasteiger charge is -2.29. The number of carbonyl (C=O) groups excluding carboxylic acids is 2. The Morgan fingerprint density at radius 2 is 1.52 bits per heavy atom. The third kappa shape index (κ3) is 8.73. The van der Waals surface area contributed by atoms with Crippen molar-refractivity contribution in [1.29, 1.82) is 0 Å². The van der Waals surface area contributed by atoms with Crippen LogP contribution >= 0.6 is 0 Å². The molecule has 0 aromatic heterocycles. The topological polar surface area (TPSA) is 64.6 Å². The average Bonchev–Trinajstić information content (AvgIpc) is 2.65. The molecule has 2 saturated carbocycles. The molecule has 0 aromatic carbocycles. The van der Waals surface area contributed by atoms with E-state index in [9.17, 15) is 9.59 Å². The van der Waals surface area contributed by atoms with Crippen molar-refractivity contribution in [3.63, 3.8) is 0 Å². The molecule has 0 unspecified atom stereocenters. The van der Waals surface area contributed by atoms with Crippen LogP contribution in [-0.4, -0.2) is 43.7 Å². The lowest BCUT2D eigenvalue weighted by molar-refractivity contribution is -0.123. The molecule has 2 fully saturated rings. The summed E-state index contributed by atoms with van der Waals surface area (Å²) in [5.41, 5.74) is 0. The molecule has 0 saturated heterocycles. The Balaban J connectivity index is 1.48. The molecule has 0 aromatic rings. The predicted molar refractivity (Wildman–Crippen MR) is 107 cm³/mol. The van der Waals surface area contributed by atoms with Crippen molar-refractivity contribution >= 4 is 11.7 Å². The van der Waals surface area contributed by atoms with Crippen LogP contribution in [0.4, 0.5) is 0 Å². The monoisotopic (exact) mass is 381 g/mol. The maximum absolute atomic E-state index is 12.1. The second-order valence-corrected chi connectivity index (χ2v) is 8.82. The Morgan fingerprint density at radius 3 is 2.07 bits per heavy atom. The van der Waals surface area contributed by atoms with Crippen molar-refractivity contribution in [2.24, 2.45) is 17.8 Å². The Kier molecular flexibility index (Phi) is 9.77. The maximum Gasteiger partial charge on any atom is 0.222 e. The smallest absolute Gasteiger partial charge is 0.222 e. The number of hydrogen-bond donors (Lipinski definition) is 1.